The van der Waals surface area contributed by atoms with Crippen LogP contribution >= 0.6 is 11.6 Å². The Hall–Kier alpha value is -3.32. The van der Waals surface area contributed by atoms with Crippen LogP contribution in [0.2, 0.25) is 5.02 Å². The topological polar surface area (TPSA) is 59.3 Å². The normalized spacial score (nSPS) is 14.3. The molecule has 0 atom stereocenters. The lowest BCUT2D eigenvalue weighted by molar-refractivity contribution is 0.414. The van der Waals surface area contributed by atoms with E-state index in [1.165, 1.54) is 5.69 Å². The summed E-state index contributed by atoms with van der Waals surface area (Å²) in [7, 11) is 1.70. The molecule has 152 valence electrons. The van der Waals surface area contributed by atoms with E-state index in [4.69, 9.17) is 16.3 Å². The number of halogens is 1. The largest absolute Gasteiger partial charge is 0.497 e. The first-order chi connectivity index (χ1) is 14.7. The Bertz CT molecular complexity index is 1170. The Kier molecular flexibility index (Phi) is 4.88. The number of fused-ring (bicyclic) bond motifs is 1. The van der Waals surface area contributed by atoms with E-state index in [1.807, 2.05) is 47.3 Å². The minimum absolute atomic E-state index is 0.694. The summed E-state index contributed by atoms with van der Waals surface area (Å²) in [4.78, 5) is 13.7. The van der Waals surface area contributed by atoms with Gasteiger partial charge in [0.15, 0.2) is 5.65 Å². The molecule has 0 radical (unpaired) electrons. The smallest absolute Gasteiger partial charge is 0.168 e. The summed E-state index contributed by atoms with van der Waals surface area (Å²) < 4.78 is 7.18. The number of hydrogen-bond donors (Lipinski definition) is 0. The first-order valence-corrected chi connectivity index (χ1v) is 10.2. The maximum Gasteiger partial charge on any atom is 0.168 e. The van der Waals surface area contributed by atoms with Crippen molar-refractivity contribution < 1.29 is 4.74 Å². The van der Waals surface area contributed by atoms with Crippen molar-refractivity contribution in [1.29, 1.82) is 0 Å². The summed E-state index contributed by atoms with van der Waals surface area (Å²) in [5.41, 5.74) is 2.89. The zero-order valence-corrected chi connectivity index (χ0v) is 17.3. The van der Waals surface area contributed by atoms with E-state index < -0.39 is 0 Å². The van der Waals surface area contributed by atoms with Crippen LogP contribution in [0.25, 0.3) is 16.7 Å². The molecule has 4 aromatic rings. The SMILES string of the molecule is COc1cccc(N2CCN(c3ncnc4c3cnn4-c3ccc(Cl)cc3)CC2)c1. The molecule has 5 rings (SSSR count). The van der Waals surface area contributed by atoms with E-state index >= 15 is 0 Å². The predicted molar refractivity (Wildman–Crippen MR) is 119 cm³/mol. The van der Waals surface area contributed by atoms with Crippen molar-refractivity contribution in [3.05, 3.63) is 66.1 Å². The molecule has 0 unspecified atom stereocenters. The Morgan fingerprint density at radius 2 is 1.67 bits per heavy atom. The van der Waals surface area contributed by atoms with E-state index in [1.54, 1.807) is 13.4 Å². The molecule has 0 N–H and O–H groups in total. The lowest BCUT2D eigenvalue weighted by atomic mass is 10.2. The molecule has 0 bridgehead atoms. The van der Waals surface area contributed by atoms with Crippen LogP contribution in [0.5, 0.6) is 5.75 Å². The summed E-state index contributed by atoms with van der Waals surface area (Å²) >= 11 is 6.02. The van der Waals surface area contributed by atoms with E-state index in [0.717, 1.165) is 54.5 Å². The second kappa shape index (κ2) is 7.84. The molecule has 7 nitrogen and oxygen atoms in total. The highest BCUT2D eigenvalue weighted by atomic mass is 35.5. The number of hydrogen-bond acceptors (Lipinski definition) is 6. The van der Waals surface area contributed by atoms with Gasteiger partial charge in [0.25, 0.3) is 0 Å². The van der Waals surface area contributed by atoms with Crippen molar-refractivity contribution in [2.24, 2.45) is 0 Å². The van der Waals surface area contributed by atoms with Gasteiger partial charge in [0.05, 0.1) is 24.4 Å². The highest BCUT2D eigenvalue weighted by Gasteiger charge is 2.22. The summed E-state index contributed by atoms with van der Waals surface area (Å²) in [6.07, 6.45) is 3.45. The van der Waals surface area contributed by atoms with E-state index in [0.29, 0.717) is 5.02 Å². The van der Waals surface area contributed by atoms with Gasteiger partial charge in [-0.25, -0.2) is 14.6 Å². The number of rotatable bonds is 4. The van der Waals surface area contributed by atoms with Gasteiger partial charge in [-0.3, -0.25) is 0 Å². The van der Waals surface area contributed by atoms with Gasteiger partial charge in [-0.2, -0.15) is 5.10 Å². The highest BCUT2D eigenvalue weighted by Crippen LogP contribution is 2.28. The monoisotopic (exact) mass is 420 g/mol. The standard InChI is InChI=1S/C22H21ClN6O/c1-30-19-4-2-3-18(13-19)27-9-11-28(12-10-27)21-20-14-26-29(22(20)25-15-24-21)17-7-5-16(23)6-8-17/h2-8,13-15H,9-12H2,1H3. The average molecular weight is 421 g/mol. The lowest BCUT2D eigenvalue weighted by Gasteiger charge is -2.36. The molecule has 2 aromatic carbocycles. The van der Waals surface area contributed by atoms with Crippen LogP contribution in [0.1, 0.15) is 0 Å². The zero-order chi connectivity index (χ0) is 20.5. The fourth-order valence-corrected chi connectivity index (χ4v) is 3.96. The summed E-state index contributed by atoms with van der Waals surface area (Å²) in [5, 5.41) is 6.19. The van der Waals surface area contributed by atoms with Gasteiger partial charge < -0.3 is 14.5 Å². The van der Waals surface area contributed by atoms with Gasteiger partial charge in [0, 0.05) is 43.0 Å². The number of nitrogens with zero attached hydrogens (tertiary/aromatic N) is 6. The fraction of sp³-hybridized carbons (Fsp3) is 0.227. The number of aromatic nitrogens is 4. The Labute approximate surface area is 179 Å². The molecule has 0 saturated carbocycles. The van der Waals surface area contributed by atoms with Gasteiger partial charge in [0.2, 0.25) is 0 Å². The maximum absolute atomic E-state index is 6.02. The quantitative estimate of drug-likeness (QED) is 0.500. The first kappa shape index (κ1) is 18.7. The Balaban J connectivity index is 1.39. The molecule has 3 heterocycles. The fourth-order valence-electron chi connectivity index (χ4n) is 3.84. The van der Waals surface area contributed by atoms with E-state index in [9.17, 15) is 0 Å². The van der Waals surface area contributed by atoms with Crippen molar-refractivity contribution >= 4 is 34.1 Å². The average Bonchev–Trinajstić information content (AvgIpc) is 3.24. The molecule has 1 aliphatic rings. The van der Waals surface area contributed by atoms with Crippen molar-refractivity contribution in [2.75, 3.05) is 43.1 Å². The third-order valence-corrected chi connectivity index (χ3v) is 5.67. The van der Waals surface area contributed by atoms with Crippen LogP contribution in [-0.2, 0) is 0 Å². The lowest BCUT2D eigenvalue weighted by Crippen LogP contribution is -2.46. The van der Waals surface area contributed by atoms with Crippen molar-refractivity contribution in [1.82, 2.24) is 19.7 Å². The van der Waals surface area contributed by atoms with Crippen LogP contribution in [0.3, 0.4) is 0 Å². The number of ether oxygens (including phenoxy) is 1. The third kappa shape index (κ3) is 3.41. The maximum atomic E-state index is 6.02. The molecule has 0 aliphatic carbocycles. The minimum atomic E-state index is 0.694. The molecule has 1 fully saturated rings. The van der Waals surface area contributed by atoms with Gasteiger partial charge in [-0.15, -0.1) is 0 Å². The van der Waals surface area contributed by atoms with Crippen LogP contribution in [0.15, 0.2) is 61.1 Å². The second-order valence-electron chi connectivity index (χ2n) is 7.14. The molecule has 8 heteroatoms. The van der Waals surface area contributed by atoms with Crippen molar-refractivity contribution in [3.8, 4) is 11.4 Å². The van der Waals surface area contributed by atoms with Crippen molar-refractivity contribution in [2.45, 2.75) is 0 Å². The van der Waals surface area contributed by atoms with Crippen LogP contribution < -0.4 is 14.5 Å². The zero-order valence-electron chi connectivity index (χ0n) is 16.6. The Morgan fingerprint density at radius 3 is 2.43 bits per heavy atom. The molecule has 2 aromatic heterocycles. The molecule has 0 amide bonds. The van der Waals surface area contributed by atoms with Gasteiger partial charge in [-0.05, 0) is 36.4 Å². The van der Waals surface area contributed by atoms with Gasteiger partial charge in [-0.1, -0.05) is 17.7 Å². The van der Waals surface area contributed by atoms with Gasteiger partial charge >= 0.3 is 0 Å². The first-order valence-electron chi connectivity index (χ1n) is 9.81. The summed E-state index contributed by atoms with van der Waals surface area (Å²) in [6, 6.07) is 15.8. The number of anilines is 2. The Morgan fingerprint density at radius 1 is 0.900 bits per heavy atom. The van der Waals surface area contributed by atoms with Gasteiger partial charge in [0.1, 0.15) is 17.9 Å². The highest BCUT2D eigenvalue weighted by molar-refractivity contribution is 6.30. The van der Waals surface area contributed by atoms with Crippen LogP contribution in [-0.4, -0.2) is 53.0 Å². The molecule has 30 heavy (non-hydrogen) atoms. The second-order valence-corrected chi connectivity index (χ2v) is 7.58. The third-order valence-electron chi connectivity index (χ3n) is 5.41. The predicted octanol–water partition coefficient (Wildman–Crippen LogP) is 3.80. The van der Waals surface area contributed by atoms with Crippen molar-refractivity contribution in [3.63, 3.8) is 0 Å². The summed E-state index contributed by atoms with van der Waals surface area (Å²) in [5.74, 6) is 1.80. The summed E-state index contributed by atoms with van der Waals surface area (Å²) in [6.45, 7) is 3.55. The molecule has 1 aliphatic heterocycles. The number of methoxy groups -OCH3 is 1. The van der Waals surface area contributed by atoms with Crippen LogP contribution in [0, 0.1) is 0 Å². The number of benzene rings is 2. The van der Waals surface area contributed by atoms with E-state index in [2.05, 4.69) is 37.0 Å². The minimum Gasteiger partial charge on any atom is -0.497 e. The molecular formula is C22H21ClN6O. The molecular weight excluding hydrogens is 400 g/mol. The molecule has 1 saturated heterocycles. The van der Waals surface area contributed by atoms with E-state index in [-0.39, 0.29) is 0 Å². The number of piperazine rings is 1. The van der Waals surface area contributed by atoms with Crippen LogP contribution in [0.4, 0.5) is 11.5 Å². The molecule has 0 spiro atoms.